The zero-order valence-corrected chi connectivity index (χ0v) is 15.3. The molecule has 0 radical (unpaired) electrons. The summed E-state index contributed by atoms with van der Waals surface area (Å²) in [6, 6.07) is 5.05. The third kappa shape index (κ3) is 3.12. The van der Waals surface area contributed by atoms with E-state index in [1.165, 1.54) is 6.07 Å². The van der Waals surface area contributed by atoms with Crippen molar-refractivity contribution in [3.8, 4) is 0 Å². The molecule has 144 valence electrons. The van der Waals surface area contributed by atoms with Gasteiger partial charge in [0.2, 0.25) is 0 Å². The third-order valence-corrected chi connectivity index (χ3v) is 6.22. The fourth-order valence-corrected chi connectivity index (χ4v) is 5.00. The molecule has 5 nitrogen and oxygen atoms in total. The highest BCUT2D eigenvalue weighted by Gasteiger charge is 2.54. The van der Waals surface area contributed by atoms with E-state index in [4.69, 9.17) is 15.0 Å². The number of halogens is 3. The molecule has 0 spiro atoms. The van der Waals surface area contributed by atoms with Gasteiger partial charge < -0.3 is 15.0 Å². The quantitative estimate of drug-likeness (QED) is 0.856. The fraction of sp³-hybridized carbons (Fsp3) is 0.444. The van der Waals surface area contributed by atoms with Gasteiger partial charge in [0.15, 0.2) is 10.9 Å². The monoisotopic (exact) mass is 397 g/mol. The van der Waals surface area contributed by atoms with Crippen molar-refractivity contribution in [3.63, 3.8) is 0 Å². The van der Waals surface area contributed by atoms with Gasteiger partial charge in [-0.2, -0.15) is 0 Å². The van der Waals surface area contributed by atoms with Crippen molar-refractivity contribution < 1.29 is 22.4 Å². The number of benzene rings is 1. The summed E-state index contributed by atoms with van der Waals surface area (Å²) in [7, 11) is 0. The van der Waals surface area contributed by atoms with Gasteiger partial charge in [-0.25, -0.2) is 18.2 Å². The van der Waals surface area contributed by atoms with Crippen LogP contribution >= 0.6 is 11.8 Å². The Bertz CT molecular complexity index is 890. The molecule has 2 N–H and O–H groups in total. The van der Waals surface area contributed by atoms with E-state index in [9.17, 15) is 13.2 Å². The van der Waals surface area contributed by atoms with E-state index in [-0.39, 0.29) is 17.3 Å². The van der Waals surface area contributed by atoms with E-state index in [2.05, 4.69) is 10.1 Å². The second kappa shape index (κ2) is 6.87. The summed E-state index contributed by atoms with van der Waals surface area (Å²) in [5.74, 6) is -1.33. The highest BCUT2D eigenvalue weighted by atomic mass is 32.2. The Balaban J connectivity index is 1.78. The number of alkyl halides is 1. The summed E-state index contributed by atoms with van der Waals surface area (Å²) in [6.07, 6.45) is -0.0962. The zero-order valence-electron chi connectivity index (χ0n) is 14.5. The highest BCUT2D eigenvalue weighted by molar-refractivity contribution is 8.14. The number of nitrogens with two attached hydrogens (primary N) is 1. The molecule has 3 heterocycles. The van der Waals surface area contributed by atoms with Gasteiger partial charge in [-0.15, -0.1) is 0 Å². The molecule has 0 saturated carbocycles. The van der Waals surface area contributed by atoms with Crippen molar-refractivity contribution in [1.82, 2.24) is 5.16 Å². The first-order chi connectivity index (χ1) is 12.9. The van der Waals surface area contributed by atoms with Crippen LogP contribution in [0, 0.1) is 24.5 Å². The minimum atomic E-state index is -1.21. The number of fused-ring (bicyclic) bond motifs is 1. The number of hydrogen-bond donors (Lipinski definition) is 1. The van der Waals surface area contributed by atoms with Crippen LogP contribution in [0.2, 0.25) is 0 Å². The molecule has 4 rings (SSSR count). The molecule has 2 aliphatic rings. The van der Waals surface area contributed by atoms with Crippen molar-refractivity contribution in [3.05, 3.63) is 52.9 Å². The van der Waals surface area contributed by atoms with E-state index in [1.54, 1.807) is 13.0 Å². The number of nitrogens with zero attached hydrogens (tertiary/aromatic N) is 2. The van der Waals surface area contributed by atoms with Crippen LogP contribution in [0.3, 0.4) is 0 Å². The predicted octanol–water partition coefficient (Wildman–Crippen LogP) is 3.63. The van der Waals surface area contributed by atoms with Crippen molar-refractivity contribution >= 4 is 16.9 Å². The molecule has 1 saturated heterocycles. The molecule has 27 heavy (non-hydrogen) atoms. The number of amidine groups is 1. The smallest absolute Gasteiger partial charge is 0.165 e. The molecule has 2 aromatic rings. The first kappa shape index (κ1) is 18.4. The van der Waals surface area contributed by atoms with Crippen LogP contribution < -0.4 is 5.73 Å². The van der Waals surface area contributed by atoms with Gasteiger partial charge in [0, 0.05) is 28.9 Å². The Kier molecular flexibility index (Phi) is 4.67. The van der Waals surface area contributed by atoms with Crippen molar-refractivity contribution in [2.24, 2.45) is 16.6 Å². The number of ether oxygens (including phenoxy) is 1. The van der Waals surface area contributed by atoms with Crippen molar-refractivity contribution in [2.45, 2.75) is 30.2 Å². The lowest BCUT2D eigenvalue weighted by molar-refractivity contribution is -0.0763. The number of aliphatic imine (C=N–C) groups is 1. The number of hydrogen-bond acceptors (Lipinski definition) is 6. The molecular weight excluding hydrogens is 379 g/mol. The lowest BCUT2D eigenvalue weighted by atomic mass is 9.72. The molecule has 1 unspecified atom stereocenters. The van der Waals surface area contributed by atoms with Crippen LogP contribution in [-0.2, 0) is 10.3 Å². The number of thioether (sulfide) groups is 1. The molecule has 2 aliphatic heterocycles. The maximum absolute atomic E-state index is 14.6. The molecular formula is C18H18F3N3O2S. The summed E-state index contributed by atoms with van der Waals surface area (Å²) >= 11 is 1.13. The van der Waals surface area contributed by atoms with Crippen LogP contribution in [0.25, 0.3) is 0 Å². The number of rotatable bonds is 3. The average Bonchev–Trinajstić information content (AvgIpc) is 3.06. The standard InChI is InChI=1S/C18H18F3N3O2S/c1-9-4-15(26-24-9)14-6-12-16(7-19)27-17(22)23-18(12,8-25-14)11-3-2-10(20)5-13(11)21/h2-5,12,14,16H,6-8H2,1H3,(H2,22,23)/t12-,14?,16+,18+/m0/s1. The van der Waals surface area contributed by atoms with Gasteiger partial charge in [-0.1, -0.05) is 23.0 Å². The van der Waals surface area contributed by atoms with Gasteiger partial charge in [0.1, 0.15) is 30.0 Å². The average molecular weight is 397 g/mol. The van der Waals surface area contributed by atoms with Crippen LogP contribution in [-0.4, -0.2) is 28.9 Å². The van der Waals surface area contributed by atoms with E-state index >= 15 is 0 Å². The normalized spacial score (nSPS) is 30.7. The van der Waals surface area contributed by atoms with Crippen LogP contribution in [0.15, 0.2) is 33.8 Å². The summed E-state index contributed by atoms with van der Waals surface area (Å²) in [4.78, 5) is 4.49. The Labute approximate surface area is 158 Å². The molecule has 0 amide bonds. The SMILES string of the molecule is Cc1cc(C2C[C@H]3[C@@H](CF)SC(N)=N[C@@]3(c3ccc(F)cc3F)CO2)on1. The second-order valence-electron chi connectivity index (χ2n) is 6.82. The molecule has 1 aromatic heterocycles. The lowest BCUT2D eigenvalue weighted by Gasteiger charge is -2.48. The fourth-order valence-electron chi connectivity index (χ4n) is 3.91. The van der Waals surface area contributed by atoms with E-state index in [0.29, 0.717) is 17.9 Å². The van der Waals surface area contributed by atoms with E-state index in [1.807, 2.05) is 0 Å². The summed E-state index contributed by atoms with van der Waals surface area (Å²) in [6.45, 7) is 1.11. The predicted molar refractivity (Wildman–Crippen MR) is 95.1 cm³/mol. The Morgan fingerprint density at radius 3 is 2.81 bits per heavy atom. The van der Waals surface area contributed by atoms with Gasteiger partial charge in [0.25, 0.3) is 0 Å². The molecule has 9 heteroatoms. The largest absolute Gasteiger partial charge is 0.379 e. The molecule has 0 bridgehead atoms. The maximum Gasteiger partial charge on any atom is 0.165 e. The maximum atomic E-state index is 14.6. The van der Waals surface area contributed by atoms with Crippen LogP contribution in [0.1, 0.15) is 29.5 Å². The van der Waals surface area contributed by atoms with Crippen molar-refractivity contribution in [1.29, 1.82) is 0 Å². The topological polar surface area (TPSA) is 73.6 Å². The number of aromatic nitrogens is 1. The number of aryl methyl sites for hydroxylation is 1. The van der Waals surface area contributed by atoms with E-state index in [0.717, 1.165) is 23.9 Å². The Morgan fingerprint density at radius 1 is 1.33 bits per heavy atom. The molecule has 0 aliphatic carbocycles. The Hall–Kier alpha value is -2.00. The Morgan fingerprint density at radius 2 is 2.15 bits per heavy atom. The van der Waals surface area contributed by atoms with E-state index < -0.39 is 41.1 Å². The van der Waals surface area contributed by atoms with Crippen LogP contribution in [0.4, 0.5) is 13.2 Å². The first-order valence-corrected chi connectivity index (χ1v) is 9.39. The molecule has 1 aromatic carbocycles. The highest BCUT2D eigenvalue weighted by Crippen LogP contribution is 2.52. The second-order valence-corrected chi connectivity index (χ2v) is 8.08. The van der Waals surface area contributed by atoms with Gasteiger partial charge in [0.05, 0.1) is 12.3 Å². The van der Waals surface area contributed by atoms with Crippen molar-refractivity contribution in [2.75, 3.05) is 13.3 Å². The van der Waals surface area contributed by atoms with Gasteiger partial charge in [-0.05, 0) is 19.4 Å². The molecule has 4 atom stereocenters. The summed E-state index contributed by atoms with van der Waals surface area (Å²) in [5, 5.41) is 3.50. The minimum absolute atomic E-state index is 0.0254. The summed E-state index contributed by atoms with van der Waals surface area (Å²) < 4.78 is 53.2. The van der Waals surface area contributed by atoms with Crippen LogP contribution in [0.5, 0.6) is 0 Å². The van der Waals surface area contributed by atoms with Gasteiger partial charge >= 0.3 is 0 Å². The molecule has 1 fully saturated rings. The van der Waals surface area contributed by atoms with Gasteiger partial charge in [-0.3, -0.25) is 0 Å². The minimum Gasteiger partial charge on any atom is -0.379 e. The third-order valence-electron chi connectivity index (χ3n) is 5.13. The lowest BCUT2D eigenvalue weighted by Crippen LogP contribution is -2.52. The zero-order chi connectivity index (χ0) is 19.2. The first-order valence-electron chi connectivity index (χ1n) is 8.51. The summed E-state index contributed by atoms with van der Waals surface area (Å²) in [5.41, 5.74) is 5.57.